The van der Waals surface area contributed by atoms with E-state index < -0.39 is 11.6 Å². The maximum absolute atomic E-state index is 14.2. The van der Waals surface area contributed by atoms with Crippen molar-refractivity contribution in [2.45, 2.75) is 20.0 Å². The molecule has 0 fully saturated rings. The number of nitrogens with one attached hydrogen (secondary N) is 2. The van der Waals surface area contributed by atoms with Gasteiger partial charge < -0.3 is 15.5 Å². The molecule has 3 rings (SSSR count). The fourth-order valence-electron chi connectivity index (χ4n) is 2.52. The molecule has 0 aliphatic heterocycles. The Kier molecular flexibility index (Phi) is 6.46. The number of hydrogen-bond donors (Lipinski definition) is 2. The van der Waals surface area contributed by atoms with Gasteiger partial charge in [-0.3, -0.25) is 9.48 Å². The number of aryl methyl sites for hydroxylation is 1. The highest BCUT2D eigenvalue weighted by Crippen LogP contribution is 2.23. The molecule has 0 saturated carbocycles. The molecule has 0 radical (unpaired) electrons. The minimum absolute atomic E-state index is 0.0938. The Morgan fingerprint density at radius 3 is 2.77 bits per heavy atom. The van der Waals surface area contributed by atoms with Gasteiger partial charge in [0.05, 0.1) is 18.1 Å². The summed E-state index contributed by atoms with van der Waals surface area (Å²) in [6.45, 7) is 1.51. The lowest BCUT2D eigenvalue weighted by Gasteiger charge is -2.11. The van der Waals surface area contributed by atoms with Crippen molar-refractivity contribution in [1.82, 2.24) is 24.6 Å². The number of benzene rings is 1. The Morgan fingerprint density at radius 2 is 2.03 bits per heavy atom. The molecule has 3 aromatic rings. The Morgan fingerprint density at radius 1 is 1.27 bits per heavy atom. The predicted molar refractivity (Wildman–Crippen MR) is 110 cm³/mol. The van der Waals surface area contributed by atoms with Crippen LogP contribution in [0.4, 0.5) is 26.2 Å². The molecule has 0 atom stereocenters. The second kappa shape index (κ2) is 9.04. The van der Waals surface area contributed by atoms with Crippen molar-refractivity contribution in [3.8, 4) is 0 Å². The topological polar surface area (TPSA) is 88.0 Å². The molecular formula is C19H20ClF2N7O. The largest absolute Gasteiger partial charge is 0.364 e. The van der Waals surface area contributed by atoms with Crippen molar-refractivity contribution in [2.24, 2.45) is 0 Å². The summed E-state index contributed by atoms with van der Waals surface area (Å²) in [6, 6.07) is 2.59. The average Bonchev–Trinajstić information content (AvgIpc) is 3.13. The van der Waals surface area contributed by atoms with Gasteiger partial charge in [0.2, 0.25) is 11.9 Å². The van der Waals surface area contributed by atoms with E-state index in [9.17, 15) is 13.6 Å². The fourth-order valence-corrected chi connectivity index (χ4v) is 2.68. The first-order chi connectivity index (χ1) is 14.2. The Hall–Kier alpha value is -3.27. The van der Waals surface area contributed by atoms with Crippen LogP contribution in [0.1, 0.15) is 11.1 Å². The molecule has 0 aliphatic carbocycles. The second-order valence-electron chi connectivity index (χ2n) is 6.74. The van der Waals surface area contributed by atoms with Crippen LogP contribution in [0.25, 0.3) is 0 Å². The summed E-state index contributed by atoms with van der Waals surface area (Å²) in [7, 11) is 3.32. The van der Waals surface area contributed by atoms with Gasteiger partial charge in [0, 0.05) is 32.4 Å². The van der Waals surface area contributed by atoms with Gasteiger partial charge in [0.15, 0.2) is 5.82 Å². The number of rotatable bonds is 7. The number of carbonyl (C=O) groups excluding carboxylic acids is 1. The van der Waals surface area contributed by atoms with E-state index in [0.29, 0.717) is 11.3 Å². The lowest BCUT2D eigenvalue weighted by atomic mass is 10.1. The number of amides is 1. The molecule has 158 valence electrons. The molecule has 1 amide bonds. The highest BCUT2D eigenvalue weighted by atomic mass is 35.5. The first-order valence-corrected chi connectivity index (χ1v) is 9.32. The van der Waals surface area contributed by atoms with E-state index in [2.05, 4.69) is 25.7 Å². The van der Waals surface area contributed by atoms with Crippen molar-refractivity contribution in [2.75, 3.05) is 24.7 Å². The van der Waals surface area contributed by atoms with Gasteiger partial charge in [-0.15, -0.1) is 0 Å². The molecule has 0 spiro atoms. The lowest BCUT2D eigenvalue weighted by Crippen LogP contribution is -2.26. The summed E-state index contributed by atoms with van der Waals surface area (Å²) >= 11 is 6.11. The summed E-state index contributed by atoms with van der Waals surface area (Å²) in [5.74, 6) is -0.968. The maximum Gasteiger partial charge on any atom is 0.243 e. The Balaban J connectivity index is 1.71. The smallest absolute Gasteiger partial charge is 0.243 e. The van der Waals surface area contributed by atoms with E-state index in [1.54, 1.807) is 27.2 Å². The van der Waals surface area contributed by atoms with Gasteiger partial charge in [0.25, 0.3) is 0 Å². The van der Waals surface area contributed by atoms with Crippen molar-refractivity contribution in [3.63, 3.8) is 0 Å². The molecule has 2 N–H and O–H groups in total. The van der Waals surface area contributed by atoms with Crippen molar-refractivity contribution >= 4 is 35.0 Å². The normalized spacial score (nSPS) is 10.7. The number of nitrogens with zero attached hydrogens (tertiary/aromatic N) is 5. The second-order valence-corrected chi connectivity index (χ2v) is 7.15. The number of hydrogen-bond acceptors (Lipinski definition) is 6. The van der Waals surface area contributed by atoms with Gasteiger partial charge in [-0.2, -0.15) is 10.1 Å². The molecule has 8 nitrogen and oxygen atoms in total. The minimum atomic E-state index is -0.659. The number of aromatic nitrogens is 4. The quantitative estimate of drug-likeness (QED) is 0.591. The van der Waals surface area contributed by atoms with Crippen LogP contribution in [0.3, 0.4) is 0 Å². The van der Waals surface area contributed by atoms with Crippen LogP contribution < -0.4 is 10.6 Å². The van der Waals surface area contributed by atoms with Gasteiger partial charge in [0.1, 0.15) is 23.2 Å². The molecule has 2 aromatic heterocycles. The van der Waals surface area contributed by atoms with Gasteiger partial charge in [-0.1, -0.05) is 17.7 Å². The van der Waals surface area contributed by atoms with E-state index in [-0.39, 0.29) is 41.3 Å². The first kappa shape index (κ1) is 21.4. The van der Waals surface area contributed by atoms with Crippen molar-refractivity contribution in [3.05, 3.63) is 58.5 Å². The van der Waals surface area contributed by atoms with Gasteiger partial charge in [-0.05, 0) is 18.6 Å². The molecular weight excluding hydrogens is 416 g/mol. The van der Waals surface area contributed by atoms with E-state index in [0.717, 1.165) is 0 Å². The van der Waals surface area contributed by atoms with Crippen molar-refractivity contribution in [1.29, 1.82) is 0 Å². The fraction of sp³-hybridized carbons (Fsp3) is 0.263. The molecule has 0 unspecified atom stereocenters. The van der Waals surface area contributed by atoms with E-state index in [4.69, 9.17) is 11.6 Å². The third kappa shape index (κ3) is 5.01. The highest BCUT2D eigenvalue weighted by molar-refractivity contribution is 6.32. The minimum Gasteiger partial charge on any atom is -0.364 e. The zero-order valence-corrected chi connectivity index (χ0v) is 17.3. The van der Waals surface area contributed by atoms with Crippen LogP contribution in [-0.2, 0) is 17.9 Å². The molecule has 30 heavy (non-hydrogen) atoms. The Labute approximate surface area is 176 Å². The summed E-state index contributed by atoms with van der Waals surface area (Å²) in [5, 5.41) is 10.1. The van der Waals surface area contributed by atoms with Gasteiger partial charge >= 0.3 is 0 Å². The third-order valence-electron chi connectivity index (χ3n) is 4.24. The Bertz CT molecular complexity index is 1070. The summed E-state index contributed by atoms with van der Waals surface area (Å²) < 4.78 is 29.6. The summed E-state index contributed by atoms with van der Waals surface area (Å²) in [5.41, 5.74) is 0.797. The van der Waals surface area contributed by atoms with Crippen molar-refractivity contribution < 1.29 is 13.6 Å². The first-order valence-electron chi connectivity index (χ1n) is 8.94. The van der Waals surface area contributed by atoms with E-state index >= 15 is 0 Å². The molecule has 1 aromatic carbocycles. The maximum atomic E-state index is 14.2. The van der Waals surface area contributed by atoms with E-state index in [1.165, 1.54) is 34.1 Å². The molecule has 0 aliphatic rings. The van der Waals surface area contributed by atoms with Crippen LogP contribution >= 0.6 is 11.6 Å². The molecule has 0 saturated heterocycles. The zero-order chi connectivity index (χ0) is 21.8. The SMILES string of the molecule is Cc1ccc(F)c(CNc2nc(Nc3cnn(CC(=O)N(C)C)c3)ncc2Cl)c1F. The number of halogens is 3. The van der Waals surface area contributed by atoms with Crippen LogP contribution in [0.2, 0.25) is 5.02 Å². The van der Waals surface area contributed by atoms with Crippen LogP contribution in [0.15, 0.2) is 30.7 Å². The number of likely N-dealkylation sites (N-methyl/N-ethyl adjacent to an activating group) is 1. The monoisotopic (exact) mass is 435 g/mol. The zero-order valence-electron chi connectivity index (χ0n) is 16.6. The lowest BCUT2D eigenvalue weighted by molar-refractivity contribution is -0.129. The third-order valence-corrected chi connectivity index (χ3v) is 4.52. The molecule has 11 heteroatoms. The standard InChI is InChI=1S/C19H20ClF2N7O/c1-11-4-5-15(21)13(17(11)22)7-23-18-14(20)8-24-19(27-18)26-12-6-25-29(9-12)10-16(30)28(2)3/h4-6,8-9H,7,10H2,1-3H3,(H2,23,24,26,27). The number of anilines is 3. The molecule has 0 bridgehead atoms. The summed E-state index contributed by atoms with van der Waals surface area (Å²) in [6.07, 6.45) is 4.51. The van der Waals surface area contributed by atoms with Crippen LogP contribution in [0, 0.1) is 18.6 Å². The average molecular weight is 436 g/mol. The highest BCUT2D eigenvalue weighted by Gasteiger charge is 2.13. The van der Waals surface area contributed by atoms with Crippen LogP contribution in [-0.4, -0.2) is 44.7 Å². The number of carbonyl (C=O) groups is 1. The summed E-state index contributed by atoms with van der Waals surface area (Å²) in [4.78, 5) is 21.6. The van der Waals surface area contributed by atoms with Crippen LogP contribution in [0.5, 0.6) is 0 Å². The van der Waals surface area contributed by atoms with Gasteiger partial charge in [-0.25, -0.2) is 13.8 Å². The predicted octanol–water partition coefficient (Wildman–Crippen LogP) is 3.36. The molecule has 2 heterocycles. The van der Waals surface area contributed by atoms with E-state index in [1.807, 2.05) is 0 Å².